The molecule has 0 bridgehead atoms. The second kappa shape index (κ2) is 12.6. The first-order valence-electron chi connectivity index (χ1n) is 13.7. The first-order valence-corrected chi connectivity index (χ1v) is 13.7. The molecule has 5 rings (SSSR count). The molecule has 1 heterocycles. The highest BCUT2D eigenvalue weighted by atomic mass is 16.5. The second-order valence-electron chi connectivity index (χ2n) is 10.1. The van der Waals surface area contributed by atoms with Crippen LogP contribution in [0.25, 0.3) is 11.0 Å². The van der Waals surface area contributed by atoms with E-state index in [0.29, 0.717) is 22.6 Å². The van der Waals surface area contributed by atoms with Crippen LogP contribution < -0.4 is 14.8 Å². The molecule has 4 aromatic rings. The van der Waals surface area contributed by atoms with Crippen molar-refractivity contribution in [2.75, 3.05) is 14.2 Å². The maximum atomic E-state index is 14.2. The van der Waals surface area contributed by atoms with E-state index < -0.39 is 6.04 Å². The van der Waals surface area contributed by atoms with Gasteiger partial charge in [-0.05, 0) is 42.7 Å². The summed E-state index contributed by atoms with van der Waals surface area (Å²) in [6, 6.07) is 21.6. The Hall–Kier alpha value is -4.40. The number of para-hydroxylation sites is 1. The molecule has 40 heavy (non-hydrogen) atoms. The largest absolute Gasteiger partial charge is 0.497 e. The molecule has 1 fully saturated rings. The monoisotopic (exact) mass is 541 g/mol. The van der Waals surface area contributed by atoms with Crippen molar-refractivity contribution in [3.8, 4) is 11.5 Å². The van der Waals surface area contributed by atoms with Crippen LogP contribution in [0.3, 0.4) is 0 Å². The van der Waals surface area contributed by atoms with Gasteiger partial charge in [0, 0.05) is 24.2 Å². The predicted molar refractivity (Wildman–Crippen MR) is 152 cm³/mol. The molecule has 3 aromatic carbocycles. The highest BCUT2D eigenvalue weighted by molar-refractivity contribution is 5.90. The van der Waals surface area contributed by atoms with Crippen LogP contribution >= 0.6 is 0 Å². The zero-order valence-corrected chi connectivity index (χ0v) is 23.0. The lowest BCUT2D eigenvalue weighted by atomic mass is 9.94. The predicted octanol–water partition coefficient (Wildman–Crippen LogP) is 4.67. The fourth-order valence-corrected chi connectivity index (χ4v) is 5.38. The lowest BCUT2D eigenvalue weighted by Crippen LogP contribution is -2.47. The molecule has 1 saturated carbocycles. The van der Waals surface area contributed by atoms with E-state index in [4.69, 9.17) is 9.47 Å². The molecule has 0 aliphatic heterocycles. The number of amides is 2. The van der Waals surface area contributed by atoms with Crippen LogP contribution in [0.2, 0.25) is 0 Å². The van der Waals surface area contributed by atoms with Crippen LogP contribution in [0.15, 0.2) is 72.8 Å². The average Bonchev–Trinajstić information content (AvgIpc) is 3.40. The Balaban J connectivity index is 1.56. The number of methoxy groups -OCH3 is 2. The summed E-state index contributed by atoms with van der Waals surface area (Å²) < 4.78 is 12.7. The number of nitrogens with one attached hydrogen (secondary N) is 1. The first kappa shape index (κ1) is 27.2. The molecule has 9 nitrogen and oxygen atoms in total. The van der Waals surface area contributed by atoms with Crippen molar-refractivity contribution in [2.24, 2.45) is 0 Å². The molecule has 208 valence electrons. The summed E-state index contributed by atoms with van der Waals surface area (Å²) in [5.74, 6) is 0.575. The number of benzene rings is 3. The highest BCUT2D eigenvalue weighted by Crippen LogP contribution is 2.35. The molecule has 0 spiro atoms. The highest BCUT2D eigenvalue weighted by Gasteiger charge is 2.35. The molecule has 0 unspecified atom stereocenters. The number of carbonyl (C=O) groups excluding carboxylic acids is 2. The van der Waals surface area contributed by atoms with Crippen molar-refractivity contribution in [3.63, 3.8) is 0 Å². The number of fused-ring (bicyclic) bond motifs is 1. The van der Waals surface area contributed by atoms with E-state index in [9.17, 15) is 9.59 Å². The normalized spacial score (nSPS) is 14.4. The number of hydrogen-bond donors (Lipinski definition) is 1. The van der Waals surface area contributed by atoms with Gasteiger partial charge in [-0.3, -0.25) is 9.59 Å². The number of aromatic nitrogens is 3. The minimum absolute atomic E-state index is 0.0703. The van der Waals surface area contributed by atoms with Gasteiger partial charge in [0.1, 0.15) is 29.6 Å². The van der Waals surface area contributed by atoms with Gasteiger partial charge in [-0.25, -0.2) is 4.68 Å². The number of nitrogens with zero attached hydrogens (tertiary/aromatic N) is 4. The zero-order valence-electron chi connectivity index (χ0n) is 23.0. The van der Waals surface area contributed by atoms with Gasteiger partial charge in [-0.15, -0.1) is 5.10 Å². The standard InChI is InChI=1S/C31H35N5O4/c1-39-24-17-18-25(28(19-24)40-2)30(31(38)32-23-13-7-4-8-14-23)35(20-22-11-5-3-6-12-22)29(37)21-36-27-16-10-9-15-26(27)33-34-36/h3,5-6,9-12,15-19,23,30H,4,7-8,13-14,20-21H2,1-2H3,(H,32,38)/t30-/m0/s1. The summed E-state index contributed by atoms with van der Waals surface area (Å²) in [7, 11) is 3.13. The molecule has 9 heteroatoms. The molecule has 1 aliphatic carbocycles. The Bertz CT molecular complexity index is 1450. The van der Waals surface area contributed by atoms with Gasteiger partial charge < -0.3 is 19.7 Å². The SMILES string of the molecule is COc1ccc([C@@H](C(=O)NC2CCCCC2)N(Cc2ccccc2)C(=O)Cn2nnc3ccccc32)c(OC)c1. The topological polar surface area (TPSA) is 98.6 Å². The van der Waals surface area contributed by atoms with E-state index in [1.807, 2.05) is 54.6 Å². The molecular formula is C31H35N5O4. The summed E-state index contributed by atoms with van der Waals surface area (Å²) in [6.07, 6.45) is 5.18. The van der Waals surface area contributed by atoms with E-state index in [1.54, 1.807) is 42.0 Å². The van der Waals surface area contributed by atoms with Crippen molar-refractivity contribution in [2.45, 2.75) is 57.3 Å². The van der Waals surface area contributed by atoms with E-state index in [0.717, 1.165) is 36.8 Å². The van der Waals surface area contributed by atoms with E-state index in [2.05, 4.69) is 15.6 Å². The van der Waals surface area contributed by atoms with E-state index in [1.165, 1.54) is 6.42 Å². The summed E-state index contributed by atoms with van der Waals surface area (Å²) >= 11 is 0. The minimum atomic E-state index is -0.940. The quantitative estimate of drug-likeness (QED) is 0.313. The Morgan fingerprint density at radius 1 is 0.975 bits per heavy atom. The molecule has 1 aromatic heterocycles. The molecule has 0 radical (unpaired) electrons. The van der Waals surface area contributed by atoms with Gasteiger partial charge in [-0.2, -0.15) is 0 Å². The van der Waals surface area contributed by atoms with Crippen LogP contribution in [0.1, 0.15) is 49.3 Å². The Morgan fingerprint density at radius 2 is 1.73 bits per heavy atom. The third-order valence-corrected chi connectivity index (χ3v) is 7.47. The molecule has 0 saturated heterocycles. The summed E-state index contributed by atoms with van der Waals surface area (Å²) in [5, 5.41) is 11.7. The van der Waals surface area contributed by atoms with Gasteiger partial charge in [-0.1, -0.05) is 66.9 Å². The van der Waals surface area contributed by atoms with Gasteiger partial charge in [0.05, 0.1) is 19.7 Å². The number of carbonyl (C=O) groups is 2. The van der Waals surface area contributed by atoms with Crippen LogP contribution in [0.5, 0.6) is 11.5 Å². The average molecular weight is 542 g/mol. The maximum absolute atomic E-state index is 14.2. The Kier molecular flexibility index (Phi) is 8.59. The summed E-state index contributed by atoms with van der Waals surface area (Å²) in [4.78, 5) is 30.0. The van der Waals surface area contributed by atoms with Crippen molar-refractivity contribution >= 4 is 22.8 Å². The molecule has 1 atom stereocenters. The number of hydrogen-bond acceptors (Lipinski definition) is 6. The second-order valence-corrected chi connectivity index (χ2v) is 10.1. The summed E-state index contributed by atoms with van der Waals surface area (Å²) in [5.41, 5.74) is 2.95. The van der Waals surface area contributed by atoms with Crippen molar-refractivity contribution < 1.29 is 19.1 Å². The molecule has 1 aliphatic rings. The van der Waals surface area contributed by atoms with Gasteiger partial charge in [0.2, 0.25) is 11.8 Å². The third-order valence-electron chi connectivity index (χ3n) is 7.47. The van der Waals surface area contributed by atoms with E-state index in [-0.39, 0.29) is 30.9 Å². The first-order chi connectivity index (χ1) is 19.6. The number of rotatable bonds is 10. The Labute approximate surface area is 234 Å². The zero-order chi connectivity index (χ0) is 27.9. The van der Waals surface area contributed by atoms with E-state index >= 15 is 0 Å². The van der Waals surface area contributed by atoms with Crippen molar-refractivity contribution in [1.82, 2.24) is 25.2 Å². The fraction of sp³-hybridized carbons (Fsp3) is 0.355. The van der Waals surface area contributed by atoms with Gasteiger partial charge in [0.25, 0.3) is 0 Å². The maximum Gasteiger partial charge on any atom is 0.247 e. The number of ether oxygens (including phenoxy) is 2. The van der Waals surface area contributed by atoms with Gasteiger partial charge >= 0.3 is 0 Å². The molecule has 1 N–H and O–H groups in total. The minimum Gasteiger partial charge on any atom is -0.497 e. The van der Waals surface area contributed by atoms with Crippen LogP contribution in [0, 0.1) is 0 Å². The summed E-state index contributed by atoms with van der Waals surface area (Å²) in [6.45, 7) is 0.156. The van der Waals surface area contributed by atoms with Crippen molar-refractivity contribution in [3.05, 3.63) is 83.9 Å². The van der Waals surface area contributed by atoms with Crippen LogP contribution in [-0.4, -0.2) is 52.0 Å². The smallest absolute Gasteiger partial charge is 0.247 e. The lowest BCUT2D eigenvalue weighted by Gasteiger charge is -2.34. The van der Waals surface area contributed by atoms with Crippen molar-refractivity contribution in [1.29, 1.82) is 0 Å². The van der Waals surface area contributed by atoms with Crippen LogP contribution in [-0.2, 0) is 22.7 Å². The van der Waals surface area contributed by atoms with Gasteiger partial charge in [0.15, 0.2) is 0 Å². The fourth-order valence-electron chi connectivity index (χ4n) is 5.38. The Morgan fingerprint density at radius 3 is 2.48 bits per heavy atom. The molecular weight excluding hydrogens is 506 g/mol. The molecule has 2 amide bonds. The van der Waals surface area contributed by atoms with Crippen LogP contribution in [0.4, 0.5) is 0 Å². The third kappa shape index (κ3) is 6.09. The lowest BCUT2D eigenvalue weighted by molar-refractivity contribution is -0.142.